The molecule has 0 radical (unpaired) electrons. The Morgan fingerprint density at radius 3 is 2.73 bits per heavy atom. The number of nitrogens with zero attached hydrogens (tertiary/aromatic N) is 1. The second kappa shape index (κ2) is 2.87. The van der Waals surface area contributed by atoms with Gasteiger partial charge in [-0.25, -0.2) is 4.79 Å². The molecule has 0 aromatic carbocycles. The molecule has 0 aliphatic carbocycles. The van der Waals surface area contributed by atoms with Gasteiger partial charge in [0.25, 0.3) is 4.60 Å². The molecule has 0 aliphatic rings. The highest BCUT2D eigenvalue weighted by molar-refractivity contribution is 9.10. The van der Waals surface area contributed by atoms with Gasteiger partial charge in [0.05, 0.1) is 0 Å². The summed E-state index contributed by atoms with van der Waals surface area (Å²) in [4.78, 5) is 10.3. The Morgan fingerprint density at radius 1 is 1.64 bits per heavy atom. The first-order valence-electron chi connectivity index (χ1n) is 2.73. The lowest BCUT2D eigenvalue weighted by atomic mass is 10.3. The summed E-state index contributed by atoms with van der Waals surface area (Å²) in [6, 6.07) is 2.73. The quantitative estimate of drug-likeness (QED) is 0.430. The van der Waals surface area contributed by atoms with Crippen molar-refractivity contribution in [2.24, 2.45) is 0 Å². The van der Waals surface area contributed by atoms with Crippen LogP contribution in [0.1, 0.15) is 10.4 Å². The van der Waals surface area contributed by atoms with Gasteiger partial charge in [-0.1, -0.05) is 0 Å². The van der Waals surface area contributed by atoms with Crippen molar-refractivity contribution in [1.82, 2.24) is 0 Å². The van der Waals surface area contributed by atoms with E-state index in [2.05, 4.69) is 15.9 Å². The molecule has 0 amide bonds. The van der Waals surface area contributed by atoms with E-state index < -0.39 is 5.97 Å². The standard InChI is InChI=1S/C6H4BrNO3/c7-5-2-1-4(6(9)10)3-8(5)11/h1-3H,(H,9,10). The van der Waals surface area contributed by atoms with Gasteiger partial charge in [-0.2, -0.15) is 4.73 Å². The predicted octanol–water partition coefficient (Wildman–Crippen LogP) is 0.781. The number of carbonyl (C=O) groups is 1. The second-order valence-corrected chi connectivity index (χ2v) is 2.68. The van der Waals surface area contributed by atoms with E-state index in [1.54, 1.807) is 0 Å². The molecule has 0 aliphatic heterocycles. The van der Waals surface area contributed by atoms with Crippen molar-refractivity contribution in [3.8, 4) is 0 Å². The molecule has 0 atom stereocenters. The minimum absolute atomic E-state index is 0.0248. The van der Waals surface area contributed by atoms with E-state index in [1.165, 1.54) is 12.1 Å². The molecule has 58 valence electrons. The molecule has 0 fully saturated rings. The van der Waals surface area contributed by atoms with Gasteiger partial charge in [-0.3, -0.25) is 0 Å². The van der Waals surface area contributed by atoms with Crippen LogP contribution in [-0.4, -0.2) is 11.1 Å². The van der Waals surface area contributed by atoms with Crippen LogP contribution < -0.4 is 4.73 Å². The van der Waals surface area contributed by atoms with E-state index >= 15 is 0 Å². The average molecular weight is 218 g/mol. The summed E-state index contributed by atoms with van der Waals surface area (Å²) in [6.07, 6.45) is 0.992. The van der Waals surface area contributed by atoms with Crippen molar-refractivity contribution >= 4 is 21.9 Å². The molecule has 1 rings (SSSR count). The van der Waals surface area contributed by atoms with Crippen LogP contribution in [0.25, 0.3) is 0 Å². The number of hydrogen-bond acceptors (Lipinski definition) is 2. The van der Waals surface area contributed by atoms with Gasteiger partial charge in [0.2, 0.25) is 0 Å². The van der Waals surface area contributed by atoms with E-state index in [9.17, 15) is 10.0 Å². The van der Waals surface area contributed by atoms with E-state index in [0.717, 1.165) is 6.20 Å². The van der Waals surface area contributed by atoms with Crippen molar-refractivity contribution in [3.63, 3.8) is 0 Å². The molecule has 1 aromatic heterocycles. The van der Waals surface area contributed by atoms with E-state index in [1.807, 2.05) is 0 Å². The fourth-order valence-corrected chi connectivity index (χ4v) is 0.824. The molecule has 0 unspecified atom stereocenters. The fourth-order valence-electron chi connectivity index (χ4n) is 0.590. The second-order valence-electron chi connectivity index (χ2n) is 1.87. The predicted molar refractivity (Wildman–Crippen MR) is 40.1 cm³/mol. The molecular weight excluding hydrogens is 214 g/mol. The van der Waals surface area contributed by atoms with Crippen LogP contribution in [0.3, 0.4) is 0 Å². The van der Waals surface area contributed by atoms with Crippen LogP contribution in [0.15, 0.2) is 22.9 Å². The molecule has 4 nitrogen and oxygen atoms in total. The smallest absolute Gasteiger partial charge is 0.341 e. The summed E-state index contributed by atoms with van der Waals surface area (Å²) in [5.41, 5.74) is -0.0248. The summed E-state index contributed by atoms with van der Waals surface area (Å²) in [5, 5.41) is 19.2. The first-order valence-corrected chi connectivity index (χ1v) is 3.52. The first-order chi connectivity index (χ1) is 5.11. The third kappa shape index (κ3) is 1.68. The Bertz CT molecular complexity index is 300. The summed E-state index contributed by atoms with van der Waals surface area (Å²) >= 11 is 2.94. The highest BCUT2D eigenvalue weighted by atomic mass is 79.9. The van der Waals surface area contributed by atoms with Crippen molar-refractivity contribution in [2.75, 3.05) is 0 Å². The average Bonchev–Trinajstić information content (AvgIpc) is 1.94. The number of aromatic carboxylic acids is 1. The maximum absolute atomic E-state index is 10.8. The lowest BCUT2D eigenvalue weighted by Crippen LogP contribution is -2.28. The first kappa shape index (κ1) is 8.00. The number of rotatable bonds is 1. The van der Waals surface area contributed by atoms with Gasteiger partial charge in [0.1, 0.15) is 5.56 Å². The Labute approximate surface area is 70.8 Å². The van der Waals surface area contributed by atoms with Crippen molar-refractivity contribution in [1.29, 1.82) is 0 Å². The molecule has 11 heavy (non-hydrogen) atoms. The largest absolute Gasteiger partial charge is 0.618 e. The number of halogens is 1. The minimum Gasteiger partial charge on any atom is -0.618 e. The van der Waals surface area contributed by atoms with Crippen LogP contribution in [-0.2, 0) is 0 Å². The van der Waals surface area contributed by atoms with Crippen molar-refractivity contribution in [3.05, 3.63) is 33.7 Å². The number of hydrogen-bond donors (Lipinski definition) is 1. The topological polar surface area (TPSA) is 64.2 Å². The molecule has 0 saturated carbocycles. The van der Waals surface area contributed by atoms with Gasteiger partial charge in [0, 0.05) is 22.0 Å². The summed E-state index contributed by atoms with van der Waals surface area (Å²) in [7, 11) is 0. The van der Waals surface area contributed by atoms with E-state index in [0.29, 0.717) is 9.33 Å². The number of carboxylic acid groups (broad SMARTS) is 1. The summed E-state index contributed by atoms with van der Waals surface area (Å²) in [6.45, 7) is 0. The molecule has 1 aromatic rings. The van der Waals surface area contributed by atoms with Gasteiger partial charge < -0.3 is 10.3 Å². The Kier molecular flexibility index (Phi) is 2.09. The number of aromatic nitrogens is 1. The lowest BCUT2D eigenvalue weighted by Gasteiger charge is -1.98. The Hall–Kier alpha value is -1.10. The zero-order valence-electron chi connectivity index (χ0n) is 5.32. The summed E-state index contributed by atoms with van der Waals surface area (Å²) in [5.74, 6) is -1.11. The Balaban J connectivity index is 3.15. The van der Waals surface area contributed by atoms with Gasteiger partial charge >= 0.3 is 5.97 Å². The third-order valence-corrected chi connectivity index (χ3v) is 1.73. The van der Waals surface area contributed by atoms with Crippen LogP contribution in [0.4, 0.5) is 0 Å². The maximum atomic E-state index is 10.8. The highest BCUT2D eigenvalue weighted by Gasteiger charge is 2.08. The SMILES string of the molecule is O=C(O)c1ccc(Br)[n+]([O-])c1. The van der Waals surface area contributed by atoms with Crippen LogP contribution in [0.5, 0.6) is 0 Å². The Morgan fingerprint density at radius 2 is 2.27 bits per heavy atom. The number of pyridine rings is 1. The monoisotopic (exact) mass is 217 g/mol. The van der Waals surface area contributed by atoms with Crippen LogP contribution in [0, 0.1) is 5.21 Å². The van der Waals surface area contributed by atoms with Gasteiger partial charge in [0.15, 0.2) is 6.20 Å². The third-order valence-electron chi connectivity index (χ3n) is 1.11. The normalized spacial score (nSPS) is 9.55. The zero-order valence-corrected chi connectivity index (χ0v) is 6.91. The molecule has 1 heterocycles. The van der Waals surface area contributed by atoms with Crippen LogP contribution in [0.2, 0.25) is 0 Å². The molecule has 0 saturated heterocycles. The van der Waals surface area contributed by atoms with E-state index in [4.69, 9.17) is 5.11 Å². The van der Waals surface area contributed by atoms with Crippen molar-refractivity contribution in [2.45, 2.75) is 0 Å². The van der Waals surface area contributed by atoms with Gasteiger partial charge in [-0.05, 0) is 6.07 Å². The molecule has 0 spiro atoms. The fraction of sp³-hybridized carbons (Fsp3) is 0. The van der Waals surface area contributed by atoms with E-state index in [-0.39, 0.29) is 5.56 Å². The van der Waals surface area contributed by atoms with Gasteiger partial charge in [-0.15, -0.1) is 0 Å². The summed E-state index contributed by atoms with van der Waals surface area (Å²) < 4.78 is 0.742. The molecule has 0 bridgehead atoms. The molecule has 1 N–H and O–H groups in total. The molecular formula is C6H4BrNO3. The van der Waals surface area contributed by atoms with Crippen LogP contribution >= 0.6 is 15.9 Å². The van der Waals surface area contributed by atoms with Crippen molar-refractivity contribution < 1.29 is 14.6 Å². The lowest BCUT2D eigenvalue weighted by molar-refractivity contribution is -0.617. The zero-order chi connectivity index (χ0) is 8.43. The minimum atomic E-state index is -1.11. The number of carboxylic acids is 1. The highest BCUT2D eigenvalue weighted by Crippen LogP contribution is 2.03. The maximum Gasteiger partial charge on any atom is 0.341 e. The molecule has 5 heteroatoms.